The highest BCUT2D eigenvalue weighted by molar-refractivity contribution is 7.45. The fraction of sp³-hybridized carbons (Fsp3) is 0.471. The minimum Gasteiger partial charge on any atom is -0.497 e. The molecule has 0 saturated heterocycles. The number of aromatic nitrogens is 1. The maximum Gasteiger partial charge on any atom is 0.466 e. The van der Waals surface area contributed by atoms with Gasteiger partial charge in [0.1, 0.15) is 5.75 Å². The Kier molecular flexibility index (Phi) is 13.0. The summed E-state index contributed by atoms with van der Waals surface area (Å²) in [4.78, 5) is 47.6. The highest BCUT2D eigenvalue weighted by Gasteiger charge is 2.07. The van der Waals surface area contributed by atoms with Gasteiger partial charge in [-0.2, -0.15) is 0 Å². The topological polar surface area (TPSA) is 216 Å². The Balaban J connectivity index is 0.000000752. The molecule has 1 heterocycles. The molecule has 1 aromatic heterocycles. The van der Waals surface area contributed by atoms with E-state index in [0.717, 1.165) is 48.1 Å². The summed E-state index contributed by atoms with van der Waals surface area (Å²) in [5, 5.41) is 4.61. The van der Waals surface area contributed by atoms with E-state index in [1.165, 1.54) is 5.56 Å². The van der Waals surface area contributed by atoms with E-state index >= 15 is 0 Å². The third-order valence-corrected chi connectivity index (χ3v) is 3.67. The fourth-order valence-electron chi connectivity index (χ4n) is 2.43. The van der Waals surface area contributed by atoms with Gasteiger partial charge in [0, 0.05) is 30.2 Å². The van der Waals surface area contributed by atoms with Crippen molar-refractivity contribution in [2.45, 2.75) is 39.2 Å². The van der Waals surface area contributed by atoms with Crippen LogP contribution in [-0.4, -0.2) is 54.0 Å². The van der Waals surface area contributed by atoms with Crippen LogP contribution in [0.4, 0.5) is 5.69 Å². The van der Waals surface area contributed by atoms with Gasteiger partial charge in [-0.3, -0.25) is 4.98 Å². The average molecular weight is 483 g/mol. The molecule has 14 heteroatoms. The molecule has 12 nitrogen and oxygen atoms in total. The summed E-state index contributed by atoms with van der Waals surface area (Å²) in [7, 11) is -7.58. The number of rotatable bonds is 7. The number of phosphoric acid groups is 2. The Bertz CT molecular complexity index is 863. The van der Waals surface area contributed by atoms with Gasteiger partial charge in [-0.15, -0.1) is 0 Å². The summed E-state index contributed by atoms with van der Waals surface area (Å²) in [6.07, 6.45) is 5.16. The van der Waals surface area contributed by atoms with Gasteiger partial charge in [-0.25, -0.2) is 9.13 Å². The van der Waals surface area contributed by atoms with Gasteiger partial charge in [0.25, 0.3) is 0 Å². The Labute approximate surface area is 180 Å². The number of ether oxygens (including phenoxy) is 1. The van der Waals surface area contributed by atoms with Gasteiger partial charge >= 0.3 is 15.6 Å². The molecular weight excluding hydrogens is 452 g/mol. The number of nitrogens with zero attached hydrogens (tertiary/aromatic N) is 1. The number of fused-ring (bicyclic) bond motifs is 1. The molecule has 1 atom stereocenters. The highest BCUT2D eigenvalue weighted by atomic mass is 31.2. The molecule has 31 heavy (non-hydrogen) atoms. The number of unbranched alkanes of at least 4 members (excludes halogenated alkanes) is 1. The molecule has 0 saturated carbocycles. The molecule has 0 bridgehead atoms. The quantitative estimate of drug-likeness (QED) is 0.208. The zero-order valence-electron chi connectivity index (χ0n) is 17.5. The van der Waals surface area contributed by atoms with Crippen molar-refractivity contribution in [3.05, 3.63) is 30.0 Å². The Morgan fingerprint density at radius 3 is 2.13 bits per heavy atom. The number of anilines is 1. The van der Waals surface area contributed by atoms with Crippen molar-refractivity contribution in [2.24, 2.45) is 5.73 Å². The van der Waals surface area contributed by atoms with Gasteiger partial charge in [-0.1, -0.05) is 6.42 Å². The predicted molar refractivity (Wildman–Crippen MR) is 118 cm³/mol. The zero-order valence-corrected chi connectivity index (χ0v) is 19.3. The van der Waals surface area contributed by atoms with Crippen molar-refractivity contribution in [1.29, 1.82) is 0 Å². The van der Waals surface area contributed by atoms with E-state index in [2.05, 4.69) is 24.1 Å². The summed E-state index contributed by atoms with van der Waals surface area (Å²) in [5.74, 6) is 0.858. The minimum atomic E-state index is -4.64. The summed E-state index contributed by atoms with van der Waals surface area (Å²) >= 11 is 0. The van der Waals surface area contributed by atoms with Crippen LogP contribution in [0.3, 0.4) is 0 Å². The van der Waals surface area contributed by atoms with Crippen molar-refractivity contribution < 1.29 is 43.2 Å². The van der Waals surface area contributed by atoms with E-state index in [0.29, 0.717) is 0 Å². The maximum atomic E-state index is 8.88. The normalized spacial score (nSPS) is 12.2. The standard InChI is InChI=1S/C17H25N3O.2H3O4P/c1-12-7-9-20-17-15(12)10-14(21-3)11-16(17)19-8-5-4-6-13(2)18;2*1-5(2,3)4/h7,9-11,13,19H,4-6,8,18H2,1-3H3;2*(H3,1,2,3,4). The van der Waals surface area contributed by atoms with Crippen LogP contribution in [0, 0.1) is 6.92 Å². The number of hydrogen-bond donors (Lipinski definition) is 8. The van der Waals surface area contributed by atoms with Crippen LogP contribution in [0.2, 0.25) is 0 Å². The van der Waals surface area contributed by atoms with Crippen LogP contribution < -0.4 is 15.8 Å². The molecule has 1 aromatic carbocycles. The highest BCUT2D eigenvalue weighted by Crippen LogP contribution is 2.30. The third kappa shape index (κ3) is 16.7. The van der Waals surface area contributed by atoms with Crippen LogP contribution >= 0.6 is 15.6 Å². The van der Waals surface area contributed by atoms with Crippen molar-refractivity contribution in [2.75, 3.05) is 19.0 Å². The first-order valence-corrected chi connectivity index (χ1v) is 12.2. The third-order valence-electron chi connectivity index (χ3n) is 3.67. The van der Waals surface area contributed by atoms with Crippen molar-refractivity contribution in [1.82, 2.24) is 4.98 Å². The fourth-order valence-corrected chi connectivity index (χ4v) is 2.43. The first kappa shape index (κ1) is 29.4. The lowest BCUT2D eigenvalue weighted by Crippen LogP contribution is -2.14. The zero-order chi connectivity index (χ0) is 24.2. The summed E-state index contributed by atoms with van der Waals surface area (Å²) in [5.41, 5.74) is 9.01. The lowest BCUT2D eigenvalue weighted by Gasteiger charge is -2.13. The number of methoxy groups -OCH3 is 1. The molecule has 0 radical (unpaired) electrons. The number of benzene rings is 1. The van der Waals surface area contributed by atoms with Crippen LogP contribution in [0.15, 0.2) is 24.4 Å². The van der Waals surface area contributed by atoms with E-state index in [1.807, 2.05) is 24.4 Å². The Hall–Kier alpha value is -1.59. The second-order valence-corrected chi connectivity index (χ2v) is 8.68. The van der Waals surface area contributed by atoms with Gasteiger partial charge in [-0.05, 0) is 44.4 Å². The molecule has 0 aliphatic heterocycles. The molecule has 178 valence electrons. The van der Waals surface area contributed by atoms with E-state index in [9.17, 15) is 0 Å². The molecule has 0 aliphatic carbocycles. The van der Waals surface area contributed by atoms with Crippen molar-refractivity contribution >= 4 is 32.2 Å². The number of aryl methyl sites for hydroxylation is 1. The summed E-state index contributed by atoms with van der Waals surface area (Å²) in [6.45, 7) is 5.07. The molecule has 0 aliphatic rings. The molecule has 9 N–H and O–H groups in total. The van der Waals surface area contributed by atoms with Gasteiger partial charge in [0.2, 0.25) is 0 Å². The molecule has 0 amide bonds. The van der Waals surface area contributed by atoms with Gasteiger partial charge < -0.3 is 45.1 Å². The van der Waals surface area contributed by atoms with Crippen molar-refractivity contribution in [3.8, 4) is 5.75 Å². The van der Waals surface area contributed by atoms with Crippen molar-refractivity contribution in [3.63, 3.8) is 0 Å². The molecular formula is C17H31N3O9P2. The first-order chi connectivity index (χ1) is 14.1. The van der Waals surface area contributed by atoms with Crippen LogP contribution in [0.1, 0.15) is 31.7 Å². The average Bonchev–Trinajstić information content (AvgIpc) is 2.58. The van der Waals surface area contributed by atoms with Crippen LogP contribution in [0.5, 0.6) is 5.75 Å². The minimum absolute atomic E-state index is 0.284. The SMILES string of the molecule is COc1cc(NCCCCC(C)N)c2nccc(C)c2c1.O=P(O)(O)O.O=P(O)(O)O. The van der Waals surface area contributed by atoms with Crippen LogP contribution in [-0.2, 0) is 9.13 Å². The van der Waals surface area contributed by atoms with Gasteiger partial charge in [0.05, 0.1) is 18.3 Å². The lowest BCUT2D eigenvalue weighted by molar-refractivity contribution is 0.272. The predicted octanol–water partition coefficient (Wildman–Crippen LogP) is 1.62. The Morgan fingerprint density at radius 1 is 1.10 bits per heavy atom. The lowest BCUT2D eigenvalue weighted by atomic mass is 10.1. The molecule has 0 fully saturated rings. The van der Waals surface area contributed by atoms with E-state index in [4.69, 9.17) is 49.0 Å². The second kappa shape index (κ2) is 13.7. The number of nitrogens with two attached hydrogens (primary N) is 1. The van der Waals surface area contributed by atoms with E-state index < -0.39 is 15.6 Å². The molecule has 2 aromatic rings. The maximum absolute atomic E-state index is 8.88. The van der Waals surface area contributed by atoms with E-state index in [-0.39, 0.29) is 6.04 Å². The smallest absolute Gasteiger partial charge is 0.466 e. The van der Waals surface area contributed by atoms with Crippen LogP contribution in [0.25, 0.3) is 10.9 Å². The van der Waals surface area contributed by atoms with E-state index in [1.54, 1.807) is 7.11 Å². The molecule has 2 rings (SSSR count). The number of pyridine rings is 1. The first-order valence-electron chi connectivity index (χ1n) is 9.11. The Morgan fingerprint density at radius 2 is 1.65 bits per heavy atom. The number of hydrogen-bond acceptors (Lipinski definition) is 6. The molecule has 1 unspecified atom stereocenters. The van der Waals surface area contributed by atoms with Gasteiger partial charge in [0.15, 0.2) is 0 Å². The number of nitrogens with one attached hydrogen (secondary N) is 1. The molecule has 0 spiro atoms. The monoisotopic (exact) mass is 483 g/mol. The summed E-state index contributed by atoms with van der Waals surface area (Å²) < 4.78 is 23.2. The summed E-state index contributed by atoms with van der Waals surface area (Å²) in [6, 6.07) is 6.36. The largest absolute Gasteiger partial charge is 0.497 e. The second-order valence-electron chi connectivity index (χ2n) is 6.63.